The lowest BCUT2D eigenvalue weighted by atomic mass is 10.0. The third kappa shape index (κ3) is 3.74. The van der Waals surface area contributed by atoms with Crippen LogP contribution in [0.2, 0.25) is 0 Å². The molecule has 5 heteroatoms. The number of carbonyl (C=O) groups is 2. The molecule has 30 heavy (non-hydrogen) atoms. The highest BCUT2D eigenvalue weighted by molar-refractivity contribution is 6.45. The summed E-state index contributed by atoms with van der Waals surface area (Å²) in [4.78, 5) is 34.3. The van der Waals surface area contributed by atoms with Crippen molar-refractivity contribution in [2.24, 2.45) is 0 Å². The summed E-state index contributed by atoms with van der Waals surface area (Å²) in [6.07, 6.45) is 4.29. The number of hydrogen-bond donors (Lipinski definition) is 0. The van der Waals surface area contributed by atoms with Crippen molar-refractivity contribution in [2.75, 3.05) is 18.0 Å². The predicted octanol–water partition coefficient (Wildman–Crippen LogP) is 3.93. The normalized spacial score (nSPS) is 13.8. The molecule has 0 saturated heterocycles. The van der Waals surface area contributed by atoms with Gasteiger partial charge >= 0.3 is 0 Å². The van der Waals surface area contributed by atoms with Crippen LogP contribution in [0.1, 0.15) is 18.1 Å². The van der Waals surface area contributed by atoms with E-state index in [-0.39, 0.29) is 11.8 Å². The van der Waals surface area contributed by atoms with Gasteiger partial charge in [0.15, 0.2) is 0 Å². The molecule has 1 aliphatic rings. The minimum Gasteiger partial charge on any atom is -0.366 e. The molecule has 0 atom stereocenters. The van der Waals surface area contributed by atoms with Crippen LogP contribution in [-0.4, -0.2) is 34.8 Å². The highest BCUT2D eigenvalue weighted by atomic mass is 16.2. The van der Waals surface area contributed by atoms with Crippen molar-refractivity contribution in [1.82, 2.24) is 9.88 Å². The van der Waals surface area contributed by atoms with Gasteiger partial charge in [0.2, 0.25) is 0 Å². The van der Waals surface area contributed by atoms with Gasteiger partial charge in [0.1, 0.15) is 5.70 Å². The van der Waals surface area contributed by atoms with Gasteiger partial charge in [0.25, 0.3) is 11.8 Å². The summed E-state index contributed by atoms with van der Waals surface area (Å²) >= 11 is 0. The fourth-order valence-corrected chi connectivity index (χ4v) is 3.73. The molecular formula is C25H23N3O2. The van der Waals surface area contributed by atoms with Gasteiger partial charge in [0.05, 0.1) is 11.3 Å². The lowest BCUT2D eigenvalue weighted by Crippen LogP contribution is -2.36. The number of carbonyl (C=O) groups excluding carboxylic acids is 2. The van der Waals surface area contributed by atoms with Crippen molar-refractivity contribution in [3.63, 3.8) is 0 Å². The first kappa shape index (κ1) is 19.6. The van der Waals surface area contributed by atoms with E-state index >= 15 is 0 Å². The van der Waals surface area contributed by atoms with Gasteiger partial charge in [0, 0.05) is 25.5 Å². The molecule has 0 saturated carbocycles. The number of nitrogens with zero attached hydrogens (tertiary/aromatic N) is 3. The maximum atomic E-state index is 13.5. The van der Waals surface area contributed by atoms with Crippen LogP contribution in [0.3, 0.4) is 0 Å². The third-order valence-electron chi connectivity index (χ3n) is 5.25. The fraction of sp³-hybridized carbons (Fsp3) is 0.160. The van der Waals surface area contributed by atoms with E-state index in [0.717, 1.165) is 17.5 Å². The Kier molecular flexibility index (Phi) is 5.70. The quantitative estimate of drug-likeness (QED) is 0.567. The van der Waals surface area contributed by atoms with E-state index in [1.54, 1.807) is 24.5 Å². The van der Waals surface area contributed by atoms with Crippen LogP contribution in [0.15, 0.2) is 90.9 Å². The number of aromatic nitrogens is 1. The van der Waals surface area contributed by atoms with E-state index in [1.165, 1.54) is 4.90 Å². The average Bonchev–Trinajstić information content (AvgIpc) is 3.06. The summed E-state index contributed by atoms with van der Waals surface area (Å²) in [5, 5.41) is 0. The van der Waals surface area contributed by atoms with Crippen molar-refractivity contribution in [2.45, 2.75) is 13.3 Å². The Morgan fingerprint density at radius 2 is 1.47 bits per heavy atom. The van der Waals surface area contributed by atoms with Gasteiger partial charge in [-0.1, -0.05) is 48.5 Å². The molecule has 0 spiro atoms. The van der Waals surface area contributed by atoms with Crippen molar-refractivity contribution < 1.29 is 9.59 Å². The number of para-hydroxylation sites is 1. The molecule has 3 aromatic rings. The lowest BCUT2D eigenvalue weighted by molar-refractivity contribution is -0.120. The van der Waals surface area contributed by atoms with Crippen molar-refractivity contribution in [3.8, 4) is 0 Å². The molecule has 0 radical (unpaired) electrons. The molecule has 2 heterocycles. The largest absolute Gasteiger partial charge is 0.366 e. The van der Waals surface area contributed by atoms with E-state index in [0.29, 0.717) is 30.0 Å². The minimum absolute atomic E-state index is 0.276. The van der Waals surface area contributed by atoms with Gasteiger partial charge in [-0.15, -0.1) is 0 Å². The minimum atomic E-state index is -0.283. The molecule has 2 aromatic carbocycles. The van der Waals surface area contributed by atoms with Crippen LogP contribution in [0.4, 0.5) is 5.69 Å². The first-order valence-electron chi connectivity index (χ1n) is 10.1. The molecule has 1 aliphatic heterocycles. The summed E-state index contributed by atoms with van der Waals surface area (Å²) < 4.78 is 0. The molecule has 1 aromatic heterocycles. The molecule has 0 unspecified atom stereocenters. The number of pyridine rings is 1. The number of imide groups is 1. The second-order valence-corrected chi connectivity index (χ2v) is 7.06. The number of likely N-dealkylation sites (N-methyl/N-ethyl adjacent to an activating group) is 1. The highest BCUT2D eigenvalue weighted by Crippen LogP contribution is 2.34. The van der Waals surface area contributed by atoms with E-state index in [1.807, 2.05) is 72.5 Å². The summed E-state index contributed by atoms with van der Waals surface area (Å²) in [7, 11) is 0. The summed E-state index contributed by atoms with van der Waals surface area (Å²) in [5.74, 6) is -0.559. The average molecular weight is 397 g/mol. The summed E-state index contributed by atoms with van der Waals surface area (Å²) in [6, 6.07) is 22.5. The van der Waals surface area contributed by atoms with E-state index in [4.69, 9.17) is 0 Å². The first-order chi connectivity index (χ1) is 14.7. The Morgan fingerprint density at radius 1 is 0.833 bits per heavy atom. The zero-order valence-corrected chi connectivity index (χ0v) is 16.9. The monoisotopic (exact) mass is 397 g/mol. The highest BCUT2D eigenvalue weighted by Gasteiger charge is 2.42. The van der Waals surface area contributed by atoms with Gasteiger partial charge in [-0.3, -0.25) is 14.6 Å². The van der Waals surface area contributed by atoms with Crippen molar-refractivity contribution >= 4 is 23.1 Å². The number of amides is 2. The Hall–Kier alpha value is -3.73. The number of benzene rings is 2. The maximum absolute atomic E-state index is 13.5. The SMILES string of the molecule is CCN(CCc1ccncc1)C1=C(c2ccccc2)C(=O)N(c2ccccc2)C1=O. The topological polar surface area (TPSA) is 53.5 Å². The van der Waals surface area contributed by atoms with Gasteiger partial charge in [-0.05, 0) is 48.7 Å². The zero-order chi connectivity index (χ0) is 20.9. The molecule has 5 nitrogen and oxygen atoms in total. The standard InChI is InChI=1S/C25H23N3O2/c1-2-27(18-15-19-13-16-26-17-14-19)23-22(20-9-5-3-6-10-20)24(29)28(25(23)30)21-11-7-4-8-12-21/h3-14,16-17H,2,15,18H2,1H3. The number of rotatable bonds is 7. The fourth-order valence-electron chi connectivity index (χ4n) is 3.73. The predicted molar refractivity (Wildman–Crippen MR) is 117 cm³/mol. The van der Waals surface area contributed by atoms with Gasteiger partial charge < -0.3 is 4.90 Å². The second kappa shape index (κ2) is 8.74. The number of anilines is 1. The van der Waals surface area contributed by atoms with Crippen LogP contribution >= 0.6 is 0 Å². The Labute approximate surface area is 176 Å². The third-order valence-corrected chi connectivity index (χ3v) is 5.25. The van der Waals surface area contributed by atoms with E-state index in [2.05, 4.69) is 4.98 Å². The molecule has 0 aliphatic carbocycles. The Bertz CT molecular complexity index is 1060. The van der Waals surface area contributed by atoms with Crippen molar-refractivity contribution in [3.05, 3.63) is 102 Å². The van der Waals surface area contributed by atoms with E-state index < -0.39 is 0 Å². The Balaban J connectivity index is 1.74. The van der Waals surface area contributed by atoms with Crippen LogP contribution in [0.25, 0.3) is 5.57 Å². The van der Waals surface area contributed by atoms with Crippen molar-refractivity contribution in [1.29, 1.82) is 0 Å². The molecule has 2 amide bonds. The van der Waals surface area contributed by atoms with E-state index in [9.17, 15) is 9.59 Å². The molecule has 150 valence electrons. The molecular weight excluding hydrogens is 374 g/mol. The maximum Gasteiger partial charge on any atom is 0.282 e. The lowest BCUT2D eigenvalue weighted by Gasteiger charge is -2.25. The molecule has 0 fully saturated rings. The van der Waals surface area contributed by atoms with Crippen LogP contribution < -0.4 is 4.90 Å². The van der Waals surface area contributed by atoms with Crippen LogP contribution in [-0.2, 0) is 16.0 Å². The van der Waals surface area contributed by atoms with Crippen LogP contribution in [0, 0.1) is 0 Å². The van der Waals surface area contributed by atoms with Gasteiger partial charge in [-0.25, -0.2) is 4.90 Å². The molecule has 0 bridgehead atoms. The first-order valence-corrected chi connectivity index (χ1v) is 10.1. The molecule has 4 rings (SSSR count). The number of hydrogen-bond acceptors (Lipinski definition) is 4. The van der Waals surface area contributed by atoms with Gasteiger partial charge in [-0.2, -0.15) is 0 Å². The molecule has 0 N–H and O–H groups in total. The summed E-state index contributed by atoms with van der Waals surface area (Å²) in [5.41, 5.74) is 3.40. The Morgan fingerprint density at radius 3 is 2.10 bits per heavy atom. The second-order valence-electron chi connectivity index (χ2n) is 7.06. The van der Waals surface area contributed by atoms with Crippen LogP contribution in [0.5, 0.6) is 0 Å². The smallest absolute Gasteiger partial charge is 0.282 e. The summed E-state index contributed by atoms with van der Waals surface area (Å²) in [6.45, 7) is 3.26. The zero-order valence-electron chi connectivity index (χ0n) is 16.9.